The fourth-order valence-corrected chi connectivity index (χ4v) is 1.29. The van der Waals surface area contributed by atoms with Gasteiger partial charge in [-0.1, -0.05) is 29.8 Å². The number of alkyl halides is 1. The van der Waals surface area contributed by atoms with Gasteiger partial charge < -0.3 is 0 Å². The lowest BCUT2D eigenvalue weighted by atomic mass is 9.97. The molecule has 0 fully saturated rings. The molecule has 1 rings (SSSR count). The van der Waals surface area contributed by atoms with Crippen molar-refractivity contribution in [2.45, 2.75) is 27.3 Å². The van der Waals surface area contributed by atoms with Crippen LogP contribution in [0.2, 0.25) is 0 Å². The van der Waals surface area contributed by atoms with Crippen molar-refractivity contribution in [1.82, 2.24) is 9.78 Å². The first kappa shape index (κ1) is 11.4. The fourth-order valence-electron chi connectivity index (χ4n) is 1.11. The highest BCUT2D eigenvalue weighted by Crippen LogP contribution is 2.19. The predicted octanol–water partition coefficient (Wildman–Crippen LogP) is 1.97. The number of halogens is 1. The molecular formula is C10H15BrN2O. The third-order valence-electron chi connectivity index (χ3n) is 1.94. The van der Waals surface area contributed by atoms with Crippen LogP contribution in [0.1, 0.15) is 19.5 Å². The molecule has 0 amide bonds. The van der Waals surface area contributed by atoms with Crippen LogP contribution >= 0.6 is 15.9 Å². The quantitative estimate of drug-likeness (QED) is 0.778. The Morgan fingerprint density at radius 3 is 2.71 bits per heavy atom. The molecular weight excluding hydrogens is 244 g/mol. The molecule has 0 saturated heterocycles. The van der Waals surface area contributed by atoms with Crippen LogP contribution in [0.25, 0.3) is 0 Å². The van der Waals surface area contributed by atoms with Gasteiger partial charge in [-0.3, -0.25) is 4.79 Å². The Hall–Kier alpha value is -0.640. The molecule has 0 saturated carbocycles. The summed E-state index contributed by atoms with van der Waals surface area (Å²) in [5.74, 6) is 0. The fraction of sp³-hybridized carbons (Fsp3) is 0.600. The average Bonchev–Trinajstić information content (AvgIpc) is 2.11. The molecule has 1 aromatic heterocycles. The molecule has 0 bridgehead atoms. The third-order valence-corrected chi connectivity index (χ3v) is 3.46. The molecule has 4 heteroatoms. The van der Waals surface area contributed by atoms with Crippen molar-refractivity contribution in [3.05, 3.63) is 28.2 Å². The molecule has 0 aliphatic rings. The van der Waals surface area contributed by atoms with Crippen LogP contribution in [0.5, 0.6) is 0 Å². The summed E-state index contributed by atoms with van der Waals surface area (Å²) in [6, 6.07) is 3.30. The zero-order valence-electron chi connectivity index (χ0n) is 8.75. The summed E-state index contributed by atoms with van der Waals surface area (Å²) in [4.78, 5) is 11.5. The van der Waals surface area contributed by atoms with E-state index in [-0.39, 0.29) is 11.0 Å². The number of aryl methyl sites for hydroxylation is 1. The Morgan fingerprint density at radius 2 is 2.14 bits per heavy atom. The third kappa shape index (κ3) is 2.94. The normalized spacial score (nSPS) is 11.7. The smallest absolute Gasteiger partial charge is 0.266 e. The lowest BCUT2D eigenvalue weighted by Crippen LogP contribution is -2.31. The van der Waals surface area contributed by atoms with E-state index in [4.69, 9.17) is 0 Å². The summed E-state index contributed by atoms with van der Waals surface area (Å²) in [6.07, 6.45) is 0. The van der Waals surface area contributed by atoms with Gasteiger partial charge in [-0.05, 0) is 18.4 Å². The standard InChI is InChI=1S/C10H15BrN2O/c1-8-4-5-9(14)13(12-8)7-10(2,3)6-11/h4-5H,6-7H2,1-3H3. The van der Waals surface area contributed by atoms with Gasteiger partial charge in [0.1, 0.15) is 0 Å². The van der Waals surface area contributed by atoms with Gasteiger partial charge in [-0.25, -0.2) is 4.68 Å². The van der Waals surface area contributed by atoms with E-state index < -0.39 is 0 Å². The van der Waals surface area contributed by atoms with Crippen molar-refractivity contribution < 1.29 is 0 Å². The van der Waals surface area contributed by atoms with E-state index in [9.17, 15) is 4.79 Å². The minimum absolute atomic E-state index is 0.0374. The second kappa shape index (κ2) is 4.26. The molecule has 0 aromatic carbocycles. The van der Waals surface area contributed by atoms with Crippen LogP contribution in [0.15, 0.2) is 16.9 Å². The summed E-state index contributed by atoms with van der Waals surface area (Å²) in [5, 5.41) is 5.04. The Morgan fingerprint density at radius 1 is 1.50 bits per heavy atom. The minimum Gasteiger partial charge on any atom is -0.268 e. The molecule has 0 aliphatic heterocycles. The van der Waals surface area contributed by atoms with Gasteiger partial charge in [0, 0.05) is 11.4 Å². The topological polar surface area (TPSA) is 34.9 Å². The van der Waals surface area contributed by atoms with Crippen LogP contribution in [0, 0.1) is 12.3 Å². The number of hydrogen-bond acceptors (Lipinski definition) is 2. The van der Waals surface area contributed by atoms with Gasteiger partial charge in [-0.15, -0.1) is 0 Å². The van der Waals surface area contributed by atoms with E-state index in [0.717, 1.165) is 11.0 Å². The summed E-state index contributed by atoms with van der Waals surface area (Å²) in [6.45, 7) is 6.71. The molecule has 3 nitrogen and oxygen atoms in total. The van der Waals surface area contributed by atoms with Crippen molar-refractivity contribution >= 4 is 15.9 Å². The van der Waals surface area contributed by atoms with Gasteiger partial charge in [0.25, 0.3) is 5.56 Å². The van der Waals surface area contributed by atoms with E-state index in [1.165, 1.54) is 4.68 Å². The number of rotatable bonds is 3. The van der Waals surface area contributed by atoms with Crippen molar-refractivity contribution in [1.29, 1.82) is 0 Å². The summed E-state index contributed by atoms with van der Waals surface area (Å²) in [5.41, 5.74) is 0.879. The first-order valence-electron chi connectivity index (χ1n) is 4.55. The molecule has 0 atom stereocenters. The van der Waals surface area contributed by atoms with Crippen LogP contribution in [0.4, 0.5) is 0 Å². The molecule has 78 valence electrons. The molecule has 0 unspecified atom stereocenters. The molecule has 1 heterocycles. The zero-order chi connectivity index (χ0) is 10.8. The molecule has 0 spiro atoms. The van der Waals surface area contributed by atoms with Crippen molar-refractivity contribution in [2.24, 2.45) is 5.41 Å². The highest BCUT2D eigenvalue weighted by Gasteiger charge is 2.17. The highest BCUT2D eigenvalue weighted by molar-refractivity contribution is 9.09. The lowest BCUT2D eigenvalue weighted by molar-refractivity contribution is 0.325. The van der Waals surface area contributed by atoms with E-state index in [1.54, 1.807) is 12.1 Å². The first-order chi connectivity index (χ1) is 6.44. The maximum absolute atomic E-state index is 11.5. The van der Waals surface area contributed by atoms with Gasteiger partial charge in [-0.2, -0.15) is 5.10 Å². The monoisotopic (exact) mass is 258 g/mol. The first-order valence-corrected chi connectivity index (χ1v) is 5.67. The van der Waals surface area contributed by atoms with Crippen molar-refractivity contribution in [3.63, 3.8) is 0 Å². The molecule has 0 N–H and O–H groups in total. The number of aromatic nitrogens is 2. The van der Waals surface area contributed by atoms with Gasteiger partial charge in [0.15, 0.2) is 0 Å². The average molecular weight is 259 g/mol. The van der Waals surface area contributed by atoms with E-state index in [0.29, 0.717) is 6.54 Å². The van der Waals surface area contributed by atoms with Crippen molar-refractivity contribution in [2.75, 3.05) is 5.33 Å². The summed E-state index contributed by atoms with van der Waals surface area (Å²) >= 11 is 3.43. The van der Waals surface area contributed by atoms with E-state index in [2.05, 4.69) is 34.9 Å². The van der Waals surface area contributed by atoms with Crippen LogP contribution in [0.3, 0.4) is 0 Å². The van der Waals surface area contributed by atoms with Crippen LogP contribution in [-0.2, 0) is 6.54 Å². The molecule has 0 aliphatic carbocycles. The maximum atomic E-state index is 11.5. The highest BCUT2D eigenvalue weighted by atomic mass is 79.9. The summed E-state index contributed by atoms with van der Waals surface area (Å²) < 4.78 is 1.52. The summed E-state index contributed by atoms with van der Waals surface area (Å²) in [7, 11) is 0. The van der Waals surface area contributed by atoms with Crippen molar-refractivity contribution in [3.8, 4) is 0 Å². The second-order valence-electron chi connectivity index (χ2n) is 4.27. The van der Waals surface area contributed by atoms with Gasteiger partial charge in [0.05, 0.1) is 12.2 Å². The van der Waals surface area contributed by atoms with E-state index >= 15 is 0 Å². The largest absolute Gasteiger partial charge is 0.268 e. The zero-order valence-corrected chi connectivity index (χ0v) is 10.3. The SMILES string of the molecule is Cc1ccc(=O)n(CC(C)(C)CBr)n1. The Labute approximate surface area is 92.3 Å². The molecule has 0 radical (unpaired) electrons. The molecule has 1 aromatic rings. The Bertz CT molecular complexity index is 371. The number of nitrogens with zero attached hydrogens (tertiary/aromatic N) is 2. The van der Waals surface area contributed by atoms with E-state index in [1.807, 2.05) is 6.92 Å². The Kier molecular flexibility index (Phi) is 3.48. The lowest BCUT2D eigenvalue weighted by Gasteiger charge is -2.21. The number of hydrogen-bond donors (Lipinski definition) is 0. The molecule has 14 heavy (non-hydrogen) atoms. The van der Waals surface area contributed by atoms with Crippen LogP contribution < -0.4 is 5.56 Å². The second-order valence-corrected chi connectivity index (χ2v) is 4.83. The van der Waals surface area contributed by atoms with Crippen LogP contribution in [-0.4, -0.2) is 15.1 Å². The minimum atomic E-state index is -0.0374. The maximum Gasteiger partial charge on any atom is 0.266 e. The predicted molar refractivity (Wildman–Crippen MR) is 60.8 cm³/mol. The Balaban J connectivity index is 2.97. The van der Waals surface area contributed by atoms with Gasteiger partial charge in [0.2, 0.25) is 0 Å². The van der Waals surface area contributed by atoms with Gasteiger partial charge >= 0.3 is 0 Å².